The summed E-state index contributed by atoms with van der Waals surface area (Å²) in [5.74, 6) is -1.67. The lowest BCUT2D eigenvalue weighted by atomic mass is 9.85. The van der Waals surface area contributed by atoms with Crippen LogP contribution in [0, 0.1) is 17.5 Å². The minimum Gasteiger partial charge on any atom is -0.438 e. The van der Waals surface area contributed by atoms with Crippen molar-refractivity contribution < 1.29 is 27.8 Å². The standard InChI is InChI=1S/C26H24F3NO3/c1-17(18-2-4-19(5-3-18)23-11-10-22(28)16-24(23)29)30-14-12-26(13-15-31,33-25(30)32)20-6-8-21(27)9-7-20/h2-11,16-17,31H,12-15H2,1H3/t17-,26+/m0/s1. The van der Waals surface area contributed by atoms with Crippen molar-refractivity contribution in [3.05, 3.63) is 95.3 Å². The van der Waals surface area contributed by atoms with E-state index in [1.54, 1.807) is 41.3 Å². The predicted octanol–water partition coefficient (Wildman–Crippen LogP) is 5.95. The Bertz CT molecular complexity index is 1130. The predicted molar refractivity (Wildman–Crippen MR) is 118 cm³/mol. The van der Waals surface area contributed by atoms with E-state index < -0.39 is 23.3 Å². The zero-order chi connectivity index (χ0) is 23.6. The Labute approximate surface area is 190 Å². The van der Waals surface area contributed by atoms with Crippen LogP contribution in [0.15, 0.2) is 66.7 Å². The third-order valence-corrected chi connectivity index (χ3v) is 6.26. The fourth-order valence-corrected chi connectivity index (χ4v) is 4.32. The smallest absolute Gasteiger partial charge is 0.411 e. The molecule has 1 fully saturated rings. The van der Waals surface area contributed by atoms with Gasteiger partial charge in [-0.25, -0.2) is 18.0 Å². The molecule has 0 radical (unpaired) electrons. The van der Waals surface area contributed by atoms with E-state index in [0.29, 0.717) is 29.7 Å². The maximum Gasteiger partial charge on any atom is 0.411 e. The molecule has 172 valence electrons. The van der Waals surface area contributed by atoms with Crippen LogP contribution in [0.5, 0.6) is 0 Å². The highest BCUT2D eigenvalue weighted by Gasteiger charge is 2.43. The highest BCUT2D eigenvalue weighted by Crippen LogP contribution is 2.39. The van der Waals surface area contributed by atoms with Gasteiger partial charge in [0.2, 0.25) is 0 Å². The van der Waals surface area contributed by atoms with Gasteiger partial charge >= 0.3 is 6.09 Å². The SMILES string of the molecule is C[C@@H](c1ccc(-c2ccc(F)cc2F)cc1)N1CC[C@@](CCO)(c2ccc(F)cc2)OC1=O. The lowest BCUT2D eigenvalue weighted by Gasteiger charge is -2.43. The Morgan fingerprint density at radius 2 is 1.67 bits per heavy atom. The molecule has 4 rings (SSSR count). The van der Waals surface area contributed by atoms with Crippen LogP contribution in [0.3, 0.4) is 0 Å². The number of aliphatic hydroxyl groups is 1. The summed E-state index contributed by atoms with van der Waals surface area (Å²) in [7, 11) is 0. The third kappa shape index (κ3) is 4.59. The molecular formula is C26H24F3NO3. The van der Waals surface area contributed by atoms with E-state index in [2.05, 4.69) is 0 Å². The van der Waals surface area contributed by atoms with Crippen LogP contribution in [-0.4, -0.2) is 29.3 Å². The van der Waals surface area contributed by atoms with E-state index in [1.807, 2.05) is 6.92 Å². The second-order valence-corrected chi connectivity index (χ2v) is 8.21. The Morgan fingerprint density at radius 3 is 2.27 bits per heavy atom. The Balaban J connectivity index is 1.52. The van der Waals surface area contributed by atoms with Gasteiger partial charge < -0.3 is 14.7 Å². The molecule has 3 aromatic rings. The Morgan fingerprint density at radius 1 is 1.00 bits per heavy atom. The van der Waals surface area contributed by atoms with Gasteiger partial charge in [0, 0.05) is 37.6 Å². The molecular weight excluding hydrogens is 431 g/mol. The first-order valence-corrected chi connectivity index (χ1v) is 10.7. The van der Waals surface area contributed by atoms with Crippen LogP contribution in [0.4, 0.5) is 18.0 Å². The summed E-state index contributed by atoms with van der Waals surface area (Å²) in [5.41, 5.74) is 1.35. The van der Waals surface area contributed by atoms with E-state index in [0.717, 1.165) is 11.6 Å². The second kappa shape index (κ2) is 9.27. The average Bonchev–Trinajstić information content (AvgIpc) is 2.79. The third-order valence-electron chi connectivity index (χ3n) is 6.26. The van der Waals surface area contributed by atoms with Gasteiger partial charge in [-0.1, -0.05) is 36.4 Å². The van der Waals surface area contributed by atoms with Gasteiger partial charge in [-0.3, -0.25) is 0 Å². The summed E-state index contributed by atoms with van der Waals surface area (Å²) < 4.78 is 46.5. The molecule has 3 aromatic carbocycles. The summed E-state index contributed by atoms with van der Waals surface area (Å²) in [6, 6.07) is 15.9. The molecule has 1 amide bonds. The number of amides is 1. The van der Waals surface area contributed by atoms with Crippen molar-refractivity contribution in [1.82, 2.24) is 4.90 Å². The van der Waals surface area contributed by atoms with Crippen LogP contribution < -0.4 is 0 Å². The van der Waals surface area contributed by atoms with Crippen molar-refractivity contribution in [2.24, 2.45) is 0 Å². The fraction of sp³-hybridized carbons (Fsp3) is 0.269. The van der Waals surface area contributed by atoms with E-state index in [4.69, 9.17) is 4.74 Å². The zero-order valence-electron chi connectivity index (χ0n) is 18.1. The lowest BCUT2D eigenvalue weighted by molar-refractivity contribution is -0.0718. The molecule has 1 N–H and O–H groups in total. The minimum atomic E-state index is -1.01. The molecule has 0 bridgehead atoms. The summed E-state index contributed by atoms with van der Waals surface area (Å²) >= 11 is 0. The summed E-state index contributed by atoms with van der Waals surface area (Å²) in [4.78, 5) is 14.6. The van der Waals surface area contributed by atoms with Crippen molar-refractivity contribution in [2.45, 2.75) is 31.4 Å². The van der Waals surface area contributed by atoms with Gasteiger partial charge in [0.15, 0.2) is 0 Å². The highest BCUT2D eigenvalue weighted by atomic mass is 19.1. The summed E-state index contributed by atoms with van der Waals surface area (Å²) in [6.45, 7) is 2.07. The maximum absolute atomic E-state index is 14.1. The molecule has 0 spiro atoms. The van der Waals surface area contributed by atoms with Crippen LogP contribution in [0.25, 0.3) is 11.1 Å². The lowest BCUT2D eigenvalue weighted by Crippen LogP contribution is -2.49. The average molecular weight is 455 g/mol. The molecule has 4 nitrogen and oxygen atoms in total. The number of benzene rings is 3. The first-order valence-electron chi connectivity index (χ1n) is 10.7. The molecule has 2 atom stereocenters. The molecule has 0 aliphatic carbocycles. The van der Waals surface area contributed by atoms with Gasteiger partial charge in [-0.05, 0) is 47.9 Å². The van der Waals surface area contributed by atoms with Crippen LogP contribution in [-0.2, 0) is 10.3 Å². The molecule has 0 unspecified atom stereocenters. The van der Waals surface area contributed by atoms with Crippen molar-refractivity contribution >= 4 is 6.09 Å². The monoisotopic (exact) mass is 455 g/mol. The summed E-state index contributed by atoms with van der Waals surface area (Å²) in [5, 5.41) is 9.57. The number of nitrogens with zero attached hydrogens (tertiary/aromatic N) is 1. The quantitative estimate of drug-likeness (QED) is 0.500. The number of aliphatic hydroxyl groups excluding tert-OH is 1. The number of carbonyl (C=O) groups excluding carboxylic acids is 1. The van der Waals surface area contributed by atoms with E-state index in [-0.39, 0.29) is 24.9 Å². The maximum atomic E-state index is 14.1. The number of hydrogen-bond acceptors (Lipinski definition) is 3. The van der Waals surface area contributed by atoms with Gasteiger partial charge in [-0.2, -0.15) is 0 Å². The van der Waals surface area contributed by atoms with Gasteiger partial charge in [0.1, 0.15) is 23.1 Å². The Hall–Kier alpha value is -3.32. The molecule has 7 heteroatoms. The number of carbonyl (C=O) groups is 1. The zero-order valence-corrected chi connectivity index (χ0v) is 18.1. The minimum absolute atomic E-state index is 0.179. The molecule has 0 saturated carbocycles. The van der Waals surface area contributed by atoms with Crippen LogP contribution in [0.1, 0.15) is 36.9 Å². The highest BCUT2D eigenvalue weighted by molar-refractivity contribution is 5.70. The van der Waals surface area contributed by atoms with Crippen molar-refractivity contribution in [3.8, 4) is 11.1 Å². The molecule has 1 aliphatic rings. The van der Waals surface area contributed by atoms with Gasteiger partial charge in [0.25, 0.3) is 0 Å². The topological polar surface area (TPSA) is 49.8 Å². The van der Waals surface area contributed by atoms with Crippen molar-refractivity contribution in [3.63, 3.8) is 0 Å². The summed E-state index contributed by atoms with van der Waals surface area (Å²) in [6.07, 6.45) is 0.124. The van der Waals surface area contributed by atoms with Gasteiger partial charge in [-0.15, -0.1) is 0 Å². The molecule has 33 heavy (non-hydrogen) atoms. The fourth-order valence-electron chi connectivity index (χ4n) is 4.32. The normalized spacial score (nSPS) is 19.3. The van der Waals surface area contributed by atoms with Crippen molar-refractivity contribution in [1.29, 1.82) is 0 Å². The Kier molecular flexibility index (Phi) is 6.42. The largest absolute Gasteiger partial charge is 0.438 e. The van der Waals surface area contributed by atoms with Crippen LogP contribution >= 0.6 is 0 Å². The molecule has 0 aromatic heterocycles. The molecule has 1 heterocycles. The van der Waals surface area contributed by atoms with Crippen LogP contribution in [0.2, 0.25) is 0 Å². The number of rotatable bonds is 6. The van der Waals surface area contributed by atoms with Crippen molar-refractivity contribution in [2.75, 3.05) is 13.2 Å². The molecule has 1 aliphatic heterocycles. The van der Waals surface area contributed by atoms with E-state index >= 15 is 0 Å². The second-order valence-electron chi connectivity index (χ2n) is 8.21. The first-order chi connectivity index (χ1) is 15.8. The number of hydrogen-bond donors (Lipinski definition) is 1. The van der Waals surface area contributed by atoms with Gasteiger partial charge in [0.05, 0.1) is 6.04 Å². The number of cyclic esters (lactones) is 1. The molecule has 1 saturated heterocycles. The van der Waals surface area contributed by atoms with E-state index in [1.165, 1.54) is 24.3 Å². The number of ether oxygens (including phenoxy) is 1. The first kappa shape index (κ1) is 22.9. The number of halogens is 3. The van der Waals surface area contributed by atoms with E-state index in [9.17, 15) is 23.1 Å².